The van der Waals surface area contributed by atoms with Crippen LogP contribution in [0.15, 0.2) is 36.4 Å². The van der Waals surface area contributed by atoms with Gasteiger partial charge in [0.1, 0.15) is 12.4 Å². The van der Waals surface area contributed by atoms with Crippen LogP contribution in [0, 0.1) is 0 Å². The number of hydrogen-bond acceptors (Lipinski definition) is 3. The maximum atomic E-state index is 11.0. The van der Waals surface area contributed by atoms with Crippen LogP contribution in [0.25, 0.3) is 0 Å². The molecule has 0 aliphatic carbocycles. The molecule has 0 radical (unpaired) electrons. The minimum Gasteiger partial charge on any atom is -0.490 e. The third-order valence-corrected chi connectivity index (χ3v) is 5.04. The summed E-state index contributed by atoms with van der Waals surface area (Å²) < 4.78 is 11.2. The van der Waals surface area contributed by atoms with E-state index in [1.807, 2.05) is 36.4 Å². The monoisotopic (exact) mass is 408 g/mol. The highest BCUT2D eigenvalue weighted by Gasteiger charge is 2.25. The number of benzene rings is 2. The molecule has 5 heteroatoms. The van der Waals surface area contributed by atoms with Gasteiger partial charge in [0.05, 0.1) is 16.7 Å². The molecule has 0 atom stereocenters. The topological polar surface area (TPSA) is 35.5 Å². The van der Waals surface area contributed by atoms with E-state index in [9.17, 15) is 4.79 Å². The zero-order valence-electron chi connectivity index (χ0n) is 16.3. The lowest BCUT2D eigenvalue weighted by molar-refractivity contribution is -0.118. The van der Waals surface area contributed by atoms with Crippen LogP contribution in [-0.4, -0.2) is 19.0 Å². The summed E-state index contributed by atoms with van der Waals surface area (Å²) in [6.45, 7) is 8.50. The van der Waals surface area contributed by atoms with E-state index in [0.29, 0.717) is 28.2 Å². The predicted octanol–water partition coefficient (Wildman–Crippen LogP) is 6.47. The number of rotatable bonds is 9. The fourth-order valence-electron chi connectivity index (χ4n) is 2.70. The molecule has 0 aliphatic heterocycles. The van der Waals surface area contributed by atoms with E-state index in [-0.39, 0.29) is 17.8 Å². The van der Waals surface area contributed by atoms with E-state index in [2.05, 4.69) is 20.8 Å². The van der Waals surface area contributed by atoms with Crippen molar-refractivity contribution >= 4 is 29.0 Å². The van der Waals surface area contributed by atoms with Crippen molar-refractivity contribution < 1.29 is 14.3 Å². The lowest BCUT2D eigenvalue weighted by atomic mass is 9.78. The molecule has 0 unspecified atom stereocenters. The lowest BCUT2D eigenvalue weighted by Gasteiger charge is -2.27. The quantitative estimate of drug-likeness (QED) is 0.446. The van der Waals surface area contributed by atoms with Crippen molar-refractivity contribution in [1.29, 1.82) is 0 Å². The van der Waals surface area contributed by atoms with Gasteiger partial charge in [-0.2, -0.15) is 0 Å². The lowest BCUT2D eigenvalue weighted by Crippen LogP contribution is -2.19. The molecule has 0 heterocycles. The molecule has 2 aromatic carbocycles. The van der Waals surface area contributed by atoms with Gasteiger partial charge in [-0.1, -0.05) is 62.5 Å². The first-order valence-electron chi connectivity index (χ1n) is 9.10. The smallest absolute Gasteiger partial charge is 0.167 e. The summed E-state index contributed by atoms with van der Waals surface area (Å²) in [7, 11) is 0. The fraction of sp³-hybridized carbons (Fsp3) is 0.409. The molecule has 27 heavy (non-hydrogen) atoms. The van der Waals surface area contributed by atoms with Gasteiger partial charge in [0.15, 0.2) is 11.5 Å². The second-order valence-electron chi connectivity index (χ2n) is 7.11. The summed E-state index contributed by atoms with van der Waals surface area (Å²) in [5.41, 5.74) is 1.77. The van der Waals surface area contributed by atoms with E-state index in [0.717, 1.165) is 24.0 Å². The van der Waals surface area contributed by atoms with Gasteiger partial charge in [-0.15, -0.1) is 0 Å². The summed E-state index contributed by atoms with van der Waals surface area (Å²) in [5.74, 6) is 1.20. The van der Waals surface area contributed by atoms with Crippen LogP contribution in [0.1, 0.15) is 51.7 Å². The van der Waals surface area contributed by atoms with Crippen LogP contribution < -0.4 is 9.47 Å². The van der Waals surface area contributed by atoms with Crippen LogP contribution in [0.3, 0.4) is 0 Å². The molecule has 146 valence electrons. The van der Waals surface area contributed by atoms with Crippen LogP contribution in [0.4, 0.5) is 0 Å². The third kappa shape index (κ3) is 5.63. The Kier molecular flexibility index (Phi) is 7.58. The average Bonchev–Trinajstić information content (AvgIpc) is 2.62. The second kappa shape index (κ2) is 9.48. The molecule has 0 aliphatic rings. The van der Waals surface area contributed by atoms with Crippen molar-refractivity contribution in [1.82, 2.24) is 0 Å². The first-order chi connectivity index (χ1) is 12.8. The average molecular weight is 409 g/mol. The van der Waals surface area contributed by atoms with Gasteiger partial charge in [0.25, 0.3) is 0 Å². The fourth-order valence-corrected chi connectivity index (χ4v) is 3.29. The summed E-state index contributed by atoms with van der Waals surface area (Å²) in [5, 5.41) is 1.03. The molecule has 2 aromatic rings. The maximum absolute atomic E-state index is 11.0. The molecule has 0 amide bonds. The Morgan fingerprint density at radius 1 is 1.00 bits per heavy atom. The van der Waals surface area contributed by atoms with E-state index in [4.69, 9.17) is 32.7 Å². The first-order valence-corrected chi connectivity index (χ1v) is 9.86. The molecule has 0 saturated carbocycles. The Balaban J connectivity index is 2.23. The first kappa shape index (κ1) is 21.6. The molecule has 3 nitrogen and oxygen atoms in total. The predicted molar refractivity (Wildman–Crippen MR) is 112 cm³/mol. The van der Waals surface area contributed by atoms with Gasteiger partial charge >= 0.3 is 0 Å². The Bertz CT molecular complexity index is 760. The molecule has 0 fully saturated rings. The van der Waals surface area contributed by atoms with Crippen molar-refractivity contribution in [2.45, 2.75) is 46.0 Å². The molecule has 2 rings (SSSR count). The SMILES string of the molecule is CCCCOc1c(Cl)cc(C(C)(C)c2ccc(OCC(C)=O)cc2)cc1Cl. The summed E-state index contributed by atoms with van der Waals surface area (Å²) >= 11 is 12.9. The van der Waals surface area contributed by atoms with Crippen LogP contribution in [0.5, 0.6) is 11.5 Å². The highest BCUT2D eigenvalue weighted by molar-refractivity contribution is 6.37. The zero-order valence-corrected chi connectivity index (χ0v) is 17.8. The number of Topliss-reactive ketones (excluding diaryl/α,β-unsaturated/α-hetero) is 1. The zero-order chi connectivity index (χ0) is 20.0. The van der Waals surface area contributed by atoms with Crippen molar-refractivity contribution in [3.8, 4) is 11.5 Å². The number of halogens is 2. The second-order valence-corrected chi connectivity index (χ2v) is 7.93. The minimum absolute atomic E-state index is 0.00932. The number of carbonyl (C=O) groups is 1. The number of ether oxygens (including phenoxy) is 2. The third-order valence-electron chi connectivity index (χ3n) is 4.48. The van der Waals surface area contributed by atoms with E-state index in [1.54, 1.807) is 0 Å². The van der Waals surface area contributed by atoms with Crippen molar-refractivity contribution in [3.05, 3.63) is 57.6 Å². The molecule has 0 N–H and O–H groups in total. The number of carbonyl (C=O) groups excluding carboxylic acids is 1. The van der Waals surface area contributed by atoms with E-state index in [1.165, 1.54) is 6.92 Å². The molecular weight excluding hydrogens is 383 g/mol. The van der Waals surface area contributed by atoms with Crippen molar-refractivity contribution in [3.63, 3.8) is 0 Å². The number of ketones is 1. The normalized spacial score (nSPS) is 11.3. The molecule has 0 bridgehead atoms. The van der Waals surface area contributed by atoms with Crippen LogP contribution >= 0.6 is 23.2 Å². The Hall–Kier alpha value is -1.71. The summed E-state index contributed by atoms with van der Waals surface area (Å²) in [6.07, 6.45) is 2.00. The largest absolute Gasteiger partial charge is 0.490 e. The van der Waals surface area contributed by atoms with Gasteiger partial charge in [0.2, 0.25) is 0 Å². The highest BCUT2D eigenvalue weighted by atomic mass is 35.5. The van der Waals surface area contributed by atoms with Gasteiger partial charge in [-0.3, -0.25) is 4.79 Å². The van der Waals surface area contributed by atoms with Gasteiger partial charge in [-0.25, -0.2) is 0 Å². The Labute approximate surface area is 171 Å². The van der Waals surface area contributed by atoms with Gasteiger partial charge in [-0.05, 0) is 48.7 Å². The van der Waals surface area contributed by atoms with Gasteiger partial charge < -0.3 is 9.47 Å². The Morgan fingerprint density at radius 3 is 2.11 bits per heavy atom. The summed E-state index contributed by atoms with van der Waals surface area (Å²) in [4.78, 5) is 11.0. The van der Waals surface area contributed by atoms with Crippen molar-refractivity contribution in [2.24, 2.45) is 0 Å². The molecule has 0 aromatic heterocycles. The Morgan fingerprint density at radius 2 is 1.59 bits per heavy atom. The standard InChI is InChI=1S/C22H26Cl2O3/c1-5-6-11-26-21-19(23)12-17(13-20(21)24)22(3,4)16-7-9-18(10-8-16)27-14-15(2)25/h7-10,12-13H,5-6,11,14H2,1-4H3. The maximum Gasteiger partial charge on any atom is 0.167 e. The summed E-state index contributed by atoms with van der Waals surface area (Å²) in [6, 6.07) is 11.5. The van der Waals surface area contributed by atoms with Crippen molar-refractivity contribution in [2.75, 3.05) is 13.2 Å². The molecule has 0 saturated heterocycles. The van der Waals surface area contributed by atoms with Gasteiger partial charge in [0, 0.05) is 5.41 Å². The van der Waals surface area contributed by atoms with E-state index >= 15 is 0 Å². The van der Waals surface area contributed by atoms with Crippen LogP contribution in [0.2, 0.25) is 10.0 Å². The molecular formula is C22H26Cl2O3. The molecule has 0 spiro atoms. The number of unbranched alkanes of at least 4 members (excludes halogenated alkanes) is 1. The van der Waals surface area contributed by atoms with Crippen LogP contribution in [-0.2, 0) is 10.2 Å². The van der Waals surface area contributed by atoms with E-state index < -0.39 is 0 Å². The number of hydrogen-bond donors (Lipinski definition) is 0. The highest BCUT2D eigenvalue weighted by Crippen LogP contribution is 2.40. The minimum atomic E-state index is -0.311.